The van der Waals surface area contributed by atoms with Gasteiger partial charge in [0, 0.05) is 7.05 Å². The molecule has 5 heteroatoms. The van der Waals surface area contributed by atoms with E-state index >= 15 is 0 Å². The number of nitrogens with one attached hydrogen (secondary N) is 1. The number of halogens is 1. The quantitative estimate of drug-likeness (QED) is 0.910. The molecule has 2 rings (SSSR count). The molecule has 1 N–H and O–H groups in total. The zero-order chi connectivity index (χ0) is 14.7. The third kappa shape index (κ3) is 3.10. The van der Waals surface area contributed by atoms with Crippen molar-refractivity contribution in [2.45, 2.75) is 33.2 Å². The van der Waals surface area contributed by atoms with Crippen LogP contribution in [0.5, 0.6) is 0 Å². The molecule has 108 valence electrons. The second-order valence-electron chi connectivity index (χ2n) is 5.12. The third-order valence-electron chi connectivity index (χ3n) is 3.56. The summed E-state index contributed by atoms with van der Waals surface area (Å²) in [5.74, 6) is 0. The van der Waals surface area contributed by atoms with E-state index in [4.69, 9.17) is 0 Å². The van der Waals surface area contributed by atoms with Crippen molar-refractivity contribution in [3.8, 4) is 0 Å². The molecule has 0 fully saturated rings. The summed E-state index contributed by atoms with van der Waals surface area (Å²) in [7, 11) is 1.93. The molecule has 4 nitrogen and oxygen atoms in total. The number of benzene rings is 1. The van der Waals surface area contributed by atoms with E-state index in [1.54, 1.807) is 0 Å². The van der Waals surface area contributed by atoms with Gasteiger partial charge in [0.25, 0.3) is 0 Å². The second kappa shape index (κ2) is 6.50. The molecular weight excluding hydrogens is 316 g/mol. The molecule has 0 aliphatic rings. The fourth-order valence-electron chi connectivity index (χ4n) is 2.25. The van der Waals surface area contributed by atoms with Gasteiger partial charge < -0.3 is 5.32 Å². The van der Waals surface area contributed by atoms with Crippen LogP contribution < -0.4 is 5.32 Å². The van der Waals surface area contributed by atoms with Gasteiger partial charge in [-0.3, -0.25) is 0 Å². The Labute approximate surface area is 128 Å². The molecule has 0 spiro atoms. The first-order valence-electron chi connectivity index (χ1n) is 6.90. The minimum Gasteiger partial charge on any atom is -0.305 e. The van der Waals surface area contributed by atoms with Gasteiger partial charge in [-0.1, -0.05) is 30.3 Å². The van der Waals surface area contributed by atoms with E-state index in [0.29, 0.717) is 0 Å². The monoisotopic (exact) mass is 336 g/mol. The topological polar surface area (TPSA) is 42.7 Å². The van der Waals surface area contributed by atoms with Crippen LogP contribution in [0.1, 0.15) is 41.8 Å². The minimum atomic E-state index is 0.101. The van der Waals surface area contributed by atoms with Crippen LogP contribution in [0.15, 0.2) is 22.8 Å². The second-order valence-corrected chi connectivity index (χ2v) is 5.87. The lowest BCUT2D eigenvalue weighted by Gasteiger charge is -2.20. The maximum absolute atomic E-state index is 4.10. The summed E-state index contributed by atoms with van der Waals surface area (Å²) in [5.41, 5.74) is 4.91. The van der Waals surface area contributed by atoms with Crippen molar-refractivity contribution in [2.24, 2.45) is 7.05 Å². The van der Waals surface area contributed by atoms with Gasteiger partial charge in [0.15, 0.2) is 4.60 Å². The molecule has 2 aromatic rings. The van der Waals surface area contributed by atoms with E-state index in [1.165, 1.54) is 16.7 Å². The Hall–Kier alpha value is -1.20. The van der Waals surface area contributed by atoms with Crippen LogP contribution >= 0.6 is 15.9 Å². The number of rotatable bonds is 5. The molecule has 20 heavy (non-hydrogen) atoms. The molecule has 1 atom stereocenters. The summed E-state index contributed by atoms with van der Waals surface area (Å²) in [5, 5.41) is 11.8. The van der Waals surface area contributed by atoms with E-state index in [1.807, 2.05) is 11.7 Å². The highest BCUT2D eigenvalue weighted by Crippen LogP contribution is 2.27. The molecule has 1 aromatic carbocycles. The maximum atomic E-state index is 4.10. The summed E-state index contributed by atoms with van der Waals surface area (Å²) >= 11 is 3.51. The predicted octanol–water partition coefficient (Wildman–Crippen LogP) is 3.28. The van der Waals surface area contributed by atoms with E-state index in [9.17, 15) is 0 Å². The third-order valence-corrected chi connectivity index (χ3v) is 4.13. The molecule has 0 amide bonds. The number of hydrogen-bond acceptors (Lipinski definition) is 3. The normalized spacial score (nSPS) is 12.7. The number of hydrogen-bond donors (Lipinski definition) is 1. The molecule has 0 aliphatic carbocycles. The highest BCUT2D eigenvalue weighted by molar-refractivity contribution is 9.10. The summed E-state index contributed by atoms with van der Waals surface area (Å²) in [6.45, 7) is 7.40. The van der Waals surface area contributed by atoms with E-state index in [2.05, 4.69) is 70.5 Å². The molecule has 0 bridgehead atoms. The van der Waals surface area contributed by atoms with E-state index in [-0.39, 0.29) is 6.04 Å². The number of aryl methyl sites for hydroxylation is 3. The zero-order valence-corrected chi connectivity index (χ0v) is 14.0. The molecule has 0 saturated heterocycles. The molecule has 0 saturated carbocycles. The van der Waals surface area contributed by atoms with Crippen molar-refractivity contribution in [1.82, 2.24) is 20.3 Å². The summed E-state index contributed by atoms with van der Waals surface area (Å²) in [4.78, 5) is 0. The maximum Gasteiger partial charge on any atom is 0.153 e. The molecule has 0 aliphatic heterocycles. The van der Waals surface area contributed by atoms with Gasteiger partial charge in [-0.15, -0.1) is 5.10 Å². The van der Waals surface area contributed by atoms with Crippen molar-refractivity contribution in [1.29, 1.82) is 0 Å². The van der Waals surface area contributed by atoms with Gasteiger partial charge >= 0.3 is 0 Å². The van der Waals surface area contributed by atoms with Gasteiger partial charge in [0.05, 0.1) is 11.7 Å². The molecule has 1 aromatic heterocycles. The highest BCUT2D eigenvalue weighted by atomic mass is 79.9. The van der Waals surface area contributed by atoms with Crippen LogP contribution in [0.3, 0.4) is 0 Å². The van der Waals surface area contributed by atoms with Crippen molar-refractivity contribution in [2.75, 3.05) is 6.54 Å². The smallest absolute Gasteiger partial charge is 0.153 e. The van der Waals surface area contributed by atoms with Gasteiger partial charge in [-0.25, -0.2) is 4.68 Å². The first kappa shape index (κ1) is 15.2. The summed E-state index contributed by atoms with van der Waals surface area (Å²) in [6.07, 6.45) is 1.09. The SMILES string of the molecule is CCCNC(c1ccc(C)c(C)c1)c1c(Br)nnn1C. The van der Waals surface area contributed by atoms with Crippen LogP contribution in [0, 0.1) is 13.8 Å². The van der Waals surface area contributed by atoms with Crippen LogP contribution in [0.25, 0.3) is 0 Å². The average molecular weight is 337 g/mol. The standard InChI is InChI=1S/C15H21BrN4/c1-5-8-17-13(14-15(16)18-19-20(14)4)12-7-6-10(2)11(3)9-12/h6-7,9,13,17H,5,8H2,1-4H3. The Morgan fingerprint density at radius 2 is 2.05 bits per heavy atom. The number of nitrogens with zero attached hydrogens (tertiary/aromatic N) is 3. The molecule has 1 heterocycles. The molecule has 1 unspecified atom stereocenters. The van der Waals surface area contributed by atoms with Crippen molar-refractivity contribution in [3.05, 3.63) is 45.2 Å². The lowest BCUT2D eigenvalue weighted by Crippen LogP contribution is -2.25. The van der Waals surface area contributed by atoms with E-state index in [0.717, 1.165) is 23.3 Å². The van der Waals surface area contributed by atoms with Gasteiger partial charge in [-0.05, 0) is 59.4 Å². The lowest BCUT2D eigenvalue weighted by molar-refractivity contribution is 0.549. The van der Waals surface area contributed by atoms with Crippen LogP contribution in [-0.4, -0.2) is 21.5 Å². The predicted molar refractivity (Wildman–Crippen MR) is 84.8 cm³/mol. The molecular formula is C15H21BrN4. The van der Waals surface area contributed by atoms with Gasteiger partial charge in [0.1, 0.15) is 0 Å². The molecule has 0 radical (unpaired) electrons. The largest absolute Gasteiger partial charge is 0.305 e. The van der Waals surface area contributed by atoms with Crippen molar-refractivity contribution < 1.29 is 0 Å². The van der Waals surface area contributed by atoms with E-state index < -0.39 is 0 Å². The minimum absolute atomic E-state index is 0.101. The van der Waals surface area contributed by atoms with Crippen LogP contribution in [-0.2, 0) is 7.05 Å². The van der Waals surface area contributed by atoms with Crippen molar-refractivity contribution >= 4 is 15.9 Å². The van der Waals surface area contributed by atoms with Crippen molar-refractivity contribution in [3.63, 3.8) is 0 Å². The Morgan fingerprint density at radius 1 is 1.30 bits per heavy atom. The Balaban J connectivity index is 2.44. The Morgan fingerprint density at radius 3 is 2.60 bits per heavy atom. The average Bonchev–Trinajstić information content (AvgIpc) is 2.75. The Kier molecular flexibility index (Phi) is 4.94. The summed E-state index contributed by atoms with van der Waals surface area (Å²) in [6, 6.07) is 6.68. The van der Waals surface area contributed by atoms with Gasteiger partial charge in [0.2, 0.25) is 0 Å². The first-order chi connectivity index (χ1) is 9.54. The summed E-state index contributed by atoms with van der Waals surface area (Å²) < 4.78 is 2.62. The van der Waals surface area contributed by atoms with Crippen LogP contribution in [0.2, 0.25) is 0 Å². The number of aromatic nitrogens is 3. The zero-order valence-electron chi connectivity index (χ0n) is 12.4. The lowest BCUT2D eigenvalue weighted by atomic mass is 9.99. The first-order valence-corrected chi connectivity index (χ1v) is 7.69. The Bertz CT molecular complexity index is 572. The van der Waals surface area contributed by atoms with Gasteiger partial charge in [-0.2, -0.15) is 0 Å². The van der Waals surface area contributed by atoms with Crippen LogP contribution in [0.4, 0.5) is 0 Å². The fourth-order valence-corrected chi connectivity index (χ4v) is 2.81. The fraction of sp³-hybridized carbons (Fsp3) is 0.467. The highest BCUT2D eigenvalue weighted by Gasteiger charge is 2.21.